The molecule has 2 unspecified atom stereocenters. The highest BCUT2D eigenvalue weighted by Gasteiger charge is 2.40. The zero-order valence-corrected chi connectivity index (χ0v) is 16.6. The third-order valence-electron chi connectivity index (χ3n) is 6.00. The van der Waals surface area contributed by atoms with Crippen molar-refractivity contribution in [3.63, 3.8) is 0 Å². The standard InChI is InChI=1S/C19H29N3O3S/c1-12-7-8-16(11-17(12)26(24,25)22(2)3)21-19(23)15-9-13-5-4-6-14(10-15)18(13)20/h7-8,11,13-15,18H,4-6,9-10,20H2,1-3H3,(H,21,23). The summed E-state index contributed by atoms with van der Waals surface area (Å²) in [6.45, 7) is 1.76. The van der Waals surface area contributed by atoms with Crippen LogP contribution in [0.5, 0.6) is 0 Å². The zero-order valence-electron chi connectivity index (χ0n) is 15.7. The molecule has 3 rings (SSSR count). The highest BCUT2D eigenvalue weighted by molar-refractivity contribution is 7.89. The number of aryl methyl sites for hydroxylation is 1. The van der Waals surface area contributed by atoms with E-state index in [1.807, 2.05) is 0 Å². The topological polar surface area (TPSA) is 92.5 Å². The molecule has 1 aromatic carbocycles. The number of hydrogen-bond acceptors (Lipinski definition) is 4. The van der Waals surface area contributed by atoms with Crippen LogP contribution in [0.3, 0.4) is 0 Å². The van der Waals surface area contributed by atoms with E-state index in [4.69, 9.17) is 5.73 Å². The van der Waals surface area contributed by atoms with Crippen molar-refractivity contribution in [1.82, 2.24) is 4.31 Å². The van der Waals surface area contributed by atoms with Gasteiger partial charge in [0.1, 0.15) is 0 Å². The van der Waals surface area contributed by atoms with Crippen molar-refractivity contribution < 1.29 is 13.2 Å². The molecule has 2 saturated carbocycles. The van der Waals surface area contributed by atoms with Gasteiger partial charge in [-0.15, -0.1) is 0 Å². The molecule has 0 spiro atoms. The van der Waals surface area contributed by atoms with Crippen LogP contribution in [0.25, 0.3) is 0 Å². The second-order valence-corrected chi connectivity index (χ2v) is 10.1. The van der Waals surface area contributed by atoms with Gasteiger partial charge in [-0.05, 0) is 62.1 Å². The van der Waals surface area contributed by atoms with Crippen LogP contribution in [-0.4, -0.2) is 38.8 Å². The predicted octanol–water partition coefficient (Wildman–Crippen LogP) is 2.34. The molecule has 0 aliphatic heterocycles. The summed E-state index contributed by atoms with van der Waals surface area (Å²) >= 11 is 0. The monoisotopic (exact) mass is 379 g/mol. The average molecular weight is 380 g/mol. The smallest absolute Gasteiger partial charge is 0.242 e. The van der Waals surface area contributed by atoms with Crippen LogP contribution in [-0.2, 0) is 14.8 Å². The fraction of sp³-hybridized carbons (Fsp3) is 0.632. The van der Waals surface area contributed by atoms with Crippen LogP contribution in [0.15, 0.2) is 23.1 Å². The largest absolute Gasteiger partial charge is 0.327 e. The molecule has 0 heterocycles. The van der Waals surface area contributed by atoms with Gasteiger partial charge in [-0.25, -0.2) is 12.7 Å². The Bertz CT molecular complexity index is 777. The van der Waals surface area contributed by atoms with Crippen molar-refractivity contribution in [2.75, 3.05) is 19.4 Å². The van der Waals surface area contributed by atoms with Gasteiger partial charge in [-0.3, -0.25) is 4.79 Å². The molecule has 2 atom stereocenters. The molecule has 1 amide bonds. The number of hydrogen-bond donors (Lipinski definition) is 2. The molecule has 2 fully saturated rings. The summed E-state index contributed by atoms with van der Waals surface area (Å²) in [5, 5.41) is 2.93. The normalized spacial score (nSPS) is 28.8. The Labute approximate surface area is 156 Å². The maximum absolute atomic E-state index is 12.8. The van der Waals surface area contributed by atoms with Crippen LogP contribution < -0.4 is 11.1 Å². The number of anilines is 1. The van der Waals surface area contributed by atoms with Crippen LogP contribution in [0.2, 0.25) is 0 Å². The molecule has 6 nitrogen and oxygen atoms in total. The van der Waals surface area contributed by atoms with Crippen LogP contribution >= 0.6 is 0 Å². The number of amides is 1. The molecular weight excluding hydrogens is 350 g/mol. The van der Waals surface area contributed by atoms with E-state index in [-0.39, 0.29) is 22.8 Å². The average Bonchev–Trinajstić information content (AvgIpc) is 2.56. The molecule has 2 bridgehead atoms. The Kier molecular flexibility index (Phi) is 5.42. The fourth-order valence-corrected chi connectivity index (χ4v) is 5.54. The molecule has 2 aliphatic rings. The number of nitrogens with one attached hydrogen (secondary N) is 1. The summed E-state index contributed by atoms with van der Waals surface area (Å²) in [6.07, 6.45) is 5.09. The summed E-state index contributed by atoms with van der Waals surface area (Å²) in [6, 6.07) is 5.27. The van der Waals surface area contributed by atoms with Gasteiger partial charge in [-0.1, -0.05) is 12.5 Å². The van der Waals surface area contributed by atoms with Gasteiger partial charge < -0.3 is 11.1 Å². The first-order chi connectivity index (χ1) is 12.2. The molecule has 0 radical (unpaired) electrons. The fourth-order valence-electron chi connectivity index (χ4n) is 4.40. The summed E-state index contributed by atoms with van der Waals surface area (Å²) in [5.74, 6) is 0.799. The molecule has 1 aromatic rings. The number of fused-ring (bicyclic) bond motifs is 2. The lowest BCUT2D eigenvalue weighted by Gasteiger charge is -2.43. The minimum absolute atomic E-state index is 0.0224. The first kappa shape index (κ1) is 19.3. The number of nitrogens with two attached hydrogens (primary N) is 1. The maximum Gasteiger partial charge on any atom is 0.242 e. The van der Waals surface area contributed by atoms with Gasteiger partial charge in [0.25, 0.3) is 0 Å². The number of rotatable bonds is 4. The van der Waals surface area contributed by atoms with Crippen molar-refractivity contribution in [2.45, 2.75) is 50.0 Å². The van der Waals surface area contributed by atoms with E-state index in [0.29, 0.717) is 23.1 Å². The second kappa shape index (κ2) is 7.29. The van der Waals surface area contributed by atoms with Gasteiger partial charge in [0.05, 0.1) is 4.90 Å². The molecule has 7 heteroatoms. The lowest BCUT2D eigenvalue weighted by molar-refractivity contribution is -0.122. The van der Waals surface area contributed by atoms with E-state index in [0.717, 1.165) is 25.7 Å². The van der Waals surface area contributed by atoms with Crippen LogP contribution in [0.4, 0.5) is 5.69 Å². The Morgan fingerprint density at radius 2 is 1.81 bits per heavy atom. The zero-order chi connectivity index (χ0) is 19.1. The number of nitrogens with zero attached hydrogens (tertiary/aromatic N) is 1. The summed E-state index contributed by atoms with van der Waals surface area (Å²) in [4.78, 5) is 13.0. The van der Waals surface area contributed by atoms with Gasteiger partial charge >= 0.3 is 0 Å². The predicted molar refractivity (Wildman–Crippen MR) is 102 cm³/mol. The third-order valence-corrected chi connectivity index (χ3v) is 7.96. The highest BCUT2D eigenvalue weighted by Crippen LogP contribution is 2.42. The molecule has 26 heavy (non-hydrogen) atoms. The van der Waals surface area contributed by atoms with Crippen LogP contribution in [0, 0.1) is 24.7 Å². The van der Waals surface area contributed by atoms with Crippen molar-refractivity contribution in [1.29, 1.82) is 0 Å². The van der Waals surface area contributed by atoms with Gasteiger partial charge in [0.15, 0.2) is 0 Å². The van der Waals surface area contributed by atoms with Gasteiger partial charge in [0, 0.05) is 31.7 Å². The summed E-state index contributed by atoms with van der Waals surface area (Å²) in [5.41, 5.74) is 7.50. The Hall–Kier alpha value is -1.44. The van der Waals surface area contributed by atoms with Crippen molar-refractivity contribution in [3.05, 3.63) is 23.8 Å². The molecule has 3 N–H and O–H groups in total. The summed E-state index contributed by atoms with van der Waals surface area (Å²) < 4.78 is 26.1. The van der Waals surface area contributed by atoms with Gasteiger partial charge in [0.2, 0.25) is 15.9 Å². The Morgan fingerprint density at radius 3 is 2.38 bits per heavy atom. The minimum atomic E-state index is -3.54. The van der Waals surface area contributed by atoms with Crippen molar-refractivity contribution in [2.24, 2.45) is 23.5 Å². The van der Waals surface area contributed by atoms with E-state index < -0.39 is 10.0 Å². The number of sulfonamides is 1. The first-order valence-corrected chi connectivity index (χ1v) is 10.7. The van der Waals surface area contributed by atoms with Crippen molar-refractivity contribution in [3.8, 4) is 0 Å². The van der Waals surface area contributed by atoms with Crippen LogP contribution in [0.1, 0.15) is 37.7 Å². The van der Waals surface area contributed by atoms with Crippen molar-refractivity contribution >= 4 is 21.6 Å². The van der Waals surface area contributed by atoms with E-state index in [9.17, 15) is 13.2 Å². The third kappa shape index (κ3) is 3.66. The van der Waals surface area contributed by atoms with E-state index >= 15 is 0 Å². The Balaban J connectivity index is 1.76. The van der Waals surface area contributed by atoms with E-state index in [1.165, 1.54) is 24.8 Å². The van der Waals surface area contributed by atoms with E-state index in [1.54, 1.807) is 25.1 Å². The van der Waals surface area contributed by atoms with Gasteiger partial charge in [-0.2, -0.15) is 0 Å². The lowest BCUT2D eigenvalue weighted by atomic mass is 9.65. The quantitative estimate of drug-likeness (QED) is 0.840. The SMILES string of the molecule is Cc1ccc(NC(=O)C2CC3CCCC(C2)C3N)cc1S(=O)(=O)N(C)C. The minimum Gasteiger partial charge on any atom is -0.327 e. The molecule has 144 valence electrons. The molecule has 2 aliphatic carbocycles. The number of benzene rings is 1. The molecular formula is C19H29N3O3S. The highest BCUT2D eigenvalue weighted by atomic mass is 32.2. The number of carbonyl (C=O) groups is 1. The first-order valence-electron chi connectivity index (χ1n) is 9.29. The number of carbonyl (C=O) groups excluding carboxylic acids is 1. The maximum atomic E-state index is 12.8. The molecule has 0 aromatic heterocycles. The lowest BCUT2D eigenvalue weighted by Crippen LogP contribution is -2.48. The molecule has 0 saturated heterocycles. The van der Waals surface area contributed by atoms with E-state index in [2.05, 4.69) is 5.32 Å². The Morgan fingerprint density at radius 1 is 1.19 bits per heavy atom. The second-order valence-electron chi connectivity index (χ2n) is 7.95. The summed E-state index contributed by atoms with van der Waals surface area (Å²) in [7, 11) is -0.537.